The van der Waals surface area contributed by atoms with Gasteiger partial charge in [-0.2, -0.15) is 5.10 Å². The highest BCUT2D eigenvalue weighted by Gasteiger charge is 2.27. The summed E-state index contributed by atoms with van der Waals surface area (Å²) in [5.41, 5.74) is 7.43. The monoisotopic (exact) mass is 337 g/mol. The Hall–Kier alpha value is -2.63. The van der Waals surface area contributed by atoms with E-state index in [9.17, 15) is 4.79 Å². The number of amides is 1. The Kier molecular flexibility index (Phi) is 3.63. The van der Waals surface area contributed by atoms with E-state index in [4.69, 9.17) is 4.98 Å². The predicted molar refractivity (Wildman–Crippen MR) is 97.1 cm³/mol. The van der Waals surface area contributed by atoms with Crippen molar-refractivity contribution >= 4 is 16.9 Å². The molecule has 0 bridgehead atoms. The average molecular weight is 337 g/mol. The Morgan fingerprint density at radius 1 is 1.24 bits per heavy atom. The lowest BCUT2D eigenvalue weighted by Gasteiger charge is -2.28. The lowest BCUT2D eigenvalue weighted by Crippen LogP contribution is -2.38. The number of nitrogens with zero attached hydrogens (tertiary/aromatic N) is 3. The highest BCUT2D eigenvalue weighted by Crippen LogP contribution is 2.29. The number of hydrogen-bond donors (Lipinski definition) is 2. The molecule has 130 valence electrons. The molecule has 1 aromatic carbocycles. The van der Waals surface area contributed by atoms with Crippen LogP contribution in [-0.4, -0.2) is 37.5 Å². The topological polar surface area (TPSA) is 77.7 Å². The second kappa shape index (κ2) is 5.72. The van der Waals surface area contributed by atoms with Crippen LogP contribution >= 0.6 is 0 Å². The predicted octanol–water partition coefficient (Wildman–Crippen LogP) is 3.11. The fourth-order valence-corrected chi connectivity index (χ4v) is 3.43. The molecule has 1 aliphatic rings. The van der Waals surface area contributed by atoms with Gasteiger partial charge in [0.25, 0.3) is 0 Å². The minimum absolute atomic E-state index is 0.00838. The molecule has 0 aliphatic carbocycles. The van der Waals surface area contributed by atoms with E-state index in [1.165, 1.54) is 11.1 Å². The van der Waals surface area contributed by atoms with Crippen LogP contribution in [0.15, 0.2) is 12.1 Å². The Bertz CT molecular complexity index is 927. The van der Waals surface area contributed by atoms with Gasteiger partial charge in [0.1, 0.15) is 5.69 Å². The number of nitrogens with one attached hydrogen (secondary N) is 2. The highest BCUT2D eigenvalue weighted by molar-refractivity contribution is 5.81. The molecule has 0 saturated heterocycles. The molecule has 1 amide bonds. The van der Waals surface area contributed by atoms with Gasteiger partial charge in [-0.25, -0.2) is 4.98 Å². The summed E-state index contributed by atoms with van der Waals surface area (Å²) in [7, 11) is 0. The number of rotatable bonds is 2. The molecule has 4 rings (SSSR count). The third kappa shape index (κ3) is 2.62. The second-order valence-electron chi connectivity index (χ2n) is 7.23. The van der Waals surface area contributed by atoms with E-state index in [0.29, 0.717) is 6.54 Å². The van der Waals surface area contributed by atoms with E-state index in [2.05, 4.69) is 41.2 Å². The van der Waals surface area contributed by atoms with Gasteiger partial charge in [0.15, 0.2) is 5.82 Å². The number of carbonyl (C=O) groups is 1. The van der Waals surface area contributed by atoms with Crippen molar-refractivity contribution < 1.29 is 4.79 Å². The van der Waals surface area contributed by atoms with Gasteiger partial charge in [-0.15, -0.1) is 0 Å². The number of H-pyrrole nitrogens is 2. The number of fused-ring (bicyclic) bond motifs is 2. The molecule has 0 saturated carbocycles. The van der Waals surface area contributed by atoms with Gasteiger partial charge in [0, 0.05) is 36.7 Å². The molecule has 25 heavy (non-hydrogen) atoms. The summed E-state index contributed by atoms with van der Waals surface area (Å²) in [6, 6.07) is 4.22. The Balaban J connectivity index is 1.74. The maximum atomic E-state index is 12.4. The minimum atomic E-state index is 0.00838. The first-order chi connectivity index (χ1) is 11.9. The molecule has 0 radical (unpaired) electrons. The average Bonchev–Trinajstić information content (AvgIpc) is 3.17. The van der Waals surface area contributed by atoms with Crippen molar-refractivity contribution in [3.8, 4) is 11.5 Å². The van der Waals surface area contributed by atoms with Crippen molar-refractivity contribution in [3.63, 3.8) is 0 Å². The van der Waals surface area contributed by atoms with Gasteiger partial charge in [-0.05, 0) is 37.1 Å². The van der Waals surface area contributed by atoms with E-state index < -0.39 is 0 Å². The molecule has 6 heteroatoms. The smallest absolute Gasteiger partial charge is 0.225 e. The quantitative estimate of drug-likeness (QED) is 0.754. The van der Waals surface area contributed by atoms with Crippen molar-refractivity contribution in [3.05, 3.63) is 34.5 Å². The van der Waals surface area contributed by atoms with Crippen LogP contribution < -0.4 is 0 Å². The van der Waals surface area contributed by atoms with Crippen molar-refractivity contribution in [2.75, 3.05) is 6.54 Å². The molecule has 6 nitrogen and oxygen atoms in total. The van der Waals surface area contributed by atoms with Gasteiger partial charge in [-0.1, -0.05) is 13.8 Å². The third-order valence-electron chi connectivity index (χ3n) is 5.06. The van der Waals surface area contributed by atoms with E-state index in [1.807, 2.05) is 18.7 Å². The minimum Gasteiger partial charge on any atom is -0.338 e. The number of benzene rings is 1. The molecule has 2 aromatic heterocycles. The molecule has 3 heterocycles. The third-order valence-corrected chi connectivity index (χ3v) is 5.06. The van der Waals surface area contributed by atoms with Crippen LogP contribution in [0.5, 0.6) is 0 Å². The maximum absolute atomic E-state index is 12.4. The Morgan fingerprint density at radius 2 is 2.00 bits per heavy atom. The lowest BCUT2D eigenvalue weighted by molar-refractivity contribution is -0.135. The number of hydrogen-bond acceptors (Lipinski definition) is 3. The summed E-state index contributed by atoms with van der Waals surface area (Å²) in [6.45, 7) is 9.41. The van der Waals surface area contributed by atoms with Crippen molar-refractivity contribution in [1.29, 1.82) is 0 Å². The molecule has 0 unspecified atom stereocenters. The Morgan fingerprint density at radius 3 is 2.76 bits per heavy atom. The fraction of sp³-hybridized carbons (Fsp3) is 0.421. The SMILES string of the molecule is Cc1cc2nc(-c3n[nH]c4c3CN(C(=O)C(C)C)CC4)[nH]c2cc1C. The molecular formula is C19H23N5O. The van der Waals surface area contributed by atoms with Gasteiger partial charge < -0.3 is 9.88 Å². The molecule has 2 N–H and O–H groups in total. The lowest BCUT2D eigenvalue weighted by atomic mass is 10.0. The second-order valence-corrected chi connectivity index (χ2v) is 7.23. The summed E-state index contributed by atoms with van der Waals surface area (Å²) in [5, 5.41) is 7.62. The first kappa shape index (κ1) is 15.9. The number of aryl methyl sites for hydroxylation is 2. The van der Waals surface area contributed by atoms with Crippen LogP contribution in [0.4, 0.5) is 0 Å². The number of aromatic nitrogens is 4. The van der Waals surface area contributed by atoms with Gasteiger partial charge in [0.2, 0.25) is 5.91 Å². The van der Waals surface area contributed by atoms with Crippen LogP contribution in [0.3, 0.4) is 0 Å². The maximum Gasteiger partial charge on any atom is 0.225 e. The summed E-state index contributed by atoms with van der Waals surface area (Å²) in [4.78, 5) is 22.4. The number of carbonyl (C=O) groups excluding carboxylic acids is 1. The van der Waals surface area contributed by atoms with E-state index >= 15 is 0 Å². The first-order valence-electron chi connectivity index (χ1n) is 8.76. The van der Waals surface area contributed by atoms with Crippen molar-refractivity contribution in [2.45, 2.75) is 40.7 Å². The van der Waals surface area contributed by atoms with Crippen LogP contribution in [0.1, 0.15) is 36.2 Å². The highest BCUT2D eigenvalue weighted by atomic mass is 16.2. The summed E-state index contributed by atoms with van der Waals surface area (Å²) < 4.78 is 0. The number of imidazole rings is 1. The van der Waals surface area contributed by atoms with E-state index in [1.54, 1.807) is 0 Å². The largest absolute Gasteiger partial charge is 0.338 e. The van der Waals surface area contributed by atoms with Crippen LogP contribution in [0.25, 0.3) is 22.6 Å². The summed E-state index contributed by atoms with van der Waals surface area (Å²) >= 11 is 0. The van der Waals surface area contributed by atoms with Crippen molar-refractivity contribution in [1.82, 2.24) is 25.1 Å². The zero-order chi connectivity index (χ0) is 17.7. The van der Waals surface area contributed by atoms with Crippen LogP contribution in [0.2, 0.25) is 0 Å². The summed E-state index contributed by atoms with van der Waals surface area (Å²) in [5.74, 6) is 0.957. The molecule has 0 fully saturated rings. The van der Waals surface area contributed by atoms with E-state index in [0.717, 1.165) is 46.8 Å². The normalized spacial score (nSPS) is 14.4. The number of aromatic amines is 2. The Labute approximate surface area is 146 Å². The molecule has 1 aliphatic heterocycles. The van der Waals surface area contributed by atoms with Gasteiger partial charge in [0.05, 0.1) is 11.0 Å². The molecular weight excluding hydrogens is 314 g/mol. The zero-order valence-electron chi connectivity index (χ0n) is 15.1. The fourth-order valence-electron chi connectivity index (χ4n) is 3.43. The summed E-state index contributed by atoms with van der Waals surface area (Å²) in [6.07, 6.45) is 0.805. The molecule has 0 atom stereocenters. The van der Waals surface area contributed by atoms with Crippen LogP contribution in [0, 0.1) is 19.8 Å². The van der Waals surface area contributed by atoms with Crippen LogP contribution in [-0.2, 0) is 17.8 Å². The van der Waals surface area contributed by atoms with E-state index in [-0.39, 0.29) is 11.8 Å². The molecule has 0 spiro atoms. The standard InChI is InChI=1S/C19H23N5O/c1-10(2)19(25)24-6-5-14-13(9-24)17(23-22-14)18-20-15-7-11(3)12(4)8-16(15)21-18/h7-8,10H,5-6,9H2,1-4H3,(H,20,21)(H,22,23). The van der Waals surface area contributed by atoms with Gasteiger partial charge in [-0.3, -0.25) is 9.89 Å². The molecule has 3 aromatic rings. The van der Waals surface area contributed by atoms with Crippen molar-refractivity contribution in [2.24, 2.45) is 5.92 Å². The first-order valence-corrected chi connectivity index (χ1v) is 8.76. The zero-order valence-corrected chi connectivity index (χ0v) is 15.1. The van der Waals surface area contributed by atoms with Gasteiger partial charge >= 0.3 is 0 Å².